The van der Waals surface area contributed by atoms with Crippen LogP contribution in [0.4, 0.5) is 4.79 Å². The molecule has 2 N–H and O–H groups in total. The van der Waals surface area contributed by atoms with Crippen LogP contribution in [0.2, 0.25) is 0 Å². The van der Waals surface area contributed by atoms with Gasteiger partial charge in [0.05, 0.1) is 6.04 Å². The Morgan fingerprint density at radius 1 is 1.12 bits per heavy atom. The lowest BCUT2D eigenvalue weighted by Gasteiger charge is -2.32. The number of pyridine rings is 1. The molecule has 2 amide bonds. The number of aromatic nitrogens is 1. The van der Waals surface area contributed by atoms with Crippen LogP contribution >= 0.6 is 0 Å². The number of hydrogen-bond acceptors (Lipinski definition) is 3. The molecular formula is C20H26N4O. The zero-order chi connectivity index (χ0) is 17.5. The summed E-state index contributed by atoms with van der Waals surface area (Å²) in [6.07, 6.45) is 5.52. The lowest BCUT2D eigenvalue weighted by atomic mass is 10.00. The quantitative estimate of drug-likeness (QED) is 0.881. The van der Waals surface area contributed by atoms with Gasteiger partial charge in [-0.3, -0.25) is 4.98 Å². The van der Waals surface area contributed by atoms with Crippen molar-refractivity contribution in [2.75, 3.05) is 19.6 Å². The summed E-state index contributed by atoms with van der Waals surface area (Å²) in [6, 6.07) is 13.9. The van der Waals surface area contributed by atoms with E-state index in [9.17, 15) is 4.79 Å². The van der Waals surface area contributed by atoms with Gasteiger partial charge in [-0.15, -0.1) is 0 Å². The number of benzene rings is 1. The van der Waals surface area contributed by atoms with Gasteiger partial charge in [0.15, 0.2) is 0 Å². The molecule has 0 unspecified atom stereocenters. The highest BCUT2D eigenvalue weighted by Gasteiger charge is 2.22. The average Bonchev–Trinajstić information content (AvgIpc) is 2.68. The molecule has 1 aliphatic heterocycles. The first-order chi connectivity index (χ1) is 12.3. The van der Waals surface area contributed by atoms with Gasteiger partial charge in [-0.2, -0.15) is 0 Å². The summed E-state index contributed by atoms with van der Waals surface area (Å²) in [5.41, 5.74) is 2.09. The largest absolute Gasteiger partial charge is 0.335 e. The van der Waals surface area contributed by atoms with Crippen LogP contribution in [0.15, 0.2) is 54.9 Å². The van der Waals surface area contributed by atoms with Crippen LogP contribution in [0.3, 0.4) is 0 Å². The van der Waals surface area contributed by atoms with E-state index in [4.69, 9.17) is 0 Å². The highest BCUT2D eigenvalue weighted by Crippen LogP contribution is 2.21. The van der Waals surface area contributed by atoms with Gasteiger partial charge in [-0.1, -0.05) is 37.3 Å². The van der Waals surface area contributed by atoms with Crippen molar-refractivity contribution in [2.45, 2.75) is 31.8 Å². The third-order valence-electron chi connectivity index (χ3n) is 4.82. The summed E-state index contributed by atoms with van der Waals surface area (Å²) in [7, 11) is 0. The number of piperidine rings is 1. The molecule has 0 bridgehead atoms. The van der Waals surface area contributed by atoms with Gasteiger partial charge in [-0.05, 0) is 42.6 Å². The minimum absolute atomic E-state index is 0.111. The number of likely N-dealkylation sites (tertiary alicyclic amines) is 1. The Hall–Kier alpha value is -2.40. The molecule has 0 saturated carbocycles. The van der Waals surface area contributed by atoms with Gasteiger partial charge < -0.3 is 15.5 Å². The van der Waals surface area contributed by atoms with E-state index in [1.54, 1.807) is 12.4 Å². The fraction of sp³-hybridized carbons (Fsp3) is 0.400. The molecule has 1 saturated heterocycles. The van der Waals surface area contributed by atoms with E-state index < -0.39 is 0 Å². The van der Waals surface area contributed by atoms with E-state index in [0.29, 0.717) is 0 Å². The molecule has 1 aliphatic rings. The Morgan fingerprint density at radius 2 is 1.76 bits per heavy atom. The monoisotopic (exact) mass is 338 g/mol. The van der Waals surface area contributed by atoms with E-state index in [-0.39, 0.29) is 18.1 Å². The molecule has 0 aliphatic carbocycles. The summed E-state index contributed by atoms with van der Waals surface area (Å²) >= 11 is 0. The average molecular weight is 338 g/mol. The number of nitrogens with one attached hydrogen (secondary N) is 2. The zero-order valence-electron chi connectivity index (χ0n) is 14.7. The van der Waals surface area contributed by atoms with Crippen LogP contribution in [0.1, 0.15) is 36.9 Å². The zero-order valence-corrected chi connectivity index (χ0v) is 14.7. The summed E-state index contributed by atoms with van der Waals surface area (Å²) in [5.74, 6) is 0. The molecule has 1 atom stereocenters. The van der Waals surface area contributed by atoms with Gasteiger partial charge in [0.1, 0.15) is 0 Å². The number of rotatable bonds is 5. The fourth-order valence-corrected chi connectivity index (χ4v) is 3.31. The second-order valence-electron chi connectivity index (χ2n) is 6.45. The molecule has 0 radical (unpaired) electrons. The molecule has 132 valence electrons. The maximum absolute atomic E-state index is 12.6. The smallest absolute Gasteiger partial charge is 0.315 e. The van der Waals surface area contributed by atoms with E-state index in [1.807, 2.05) is 42.5 Å². The van der Waals surface area contributed by atoms with Gasteiger partial charge in [0, 0.05) is 31.5 Å². The van der Waals surface area contributed by atoms with Gasteiger partial charge in [-0.25, -0.2) is 4.79 Å². The third kappa shape index (κ3) is 4.79. The van der Waals surface area contributed by atoms with E-state index in [2.05, 4.69) is 27.4 Å². The lowest BCUT2D eigenvalue weighted by Crippen LogP contribution is -2.48. The molecule has 1 aromatic carbocycles. The number of urea groups is 1. The number of carbonyl (C=O) groups excluding carboxylic acids is 1. The molecular weight excluding hydrogens is 312 g/mol. The normalized spacial score (nSPS) is 17.0. The Balaban J connectivity index is 1.65. The Labute approximate surface area is 149 Å². The van der Waals surface area contributed by atoms with E-state index in [0.717, 1.165) is 43.6 Å². The van der Waals surface area contributed by atoms with Gasteiger partial charge in [0.25, 0.3) is 0 Å². The van der Waals surface area contributed by atoms with Crippen LogP contribution in [0.25, 0.3) is 0 Å². The molecule has 2 heterocycles. The van der Waals surface area contributed by atoms with Crippen LogP contribution in [-0.2, 0) is 0 Å². The van der Waals surface area contributed by atoms with Crippen LogP contribution in [0.5, 0.6) is 0 Å². The van der Waals surface area contributed by atoms with E-state index in [1.165, 1.54) is 0 Å². The Kier molecular flexibility index (Phi) is 6.01. The van der Waals surface area contributed by atoms with Crippen molar-refractivity contribution in [3.8, 4) is 0 Å². The molecule has 1 aromatic heterocycles. The molecule has 3 rings (SSSR count). The first kappa shape index (κ1) is 17.4. The molecule has 0 spiro atoms. The summed E-state index contributed by atoms with van der Waals surface area (Å²) in [5, 5.41) is 6.27. The van der Waals surface area contributed by atoms with Crippen molar-refractivity contribution in [1.29, 1.82) is 0 Å². The predicted molar refractivity (Wildman–Crippen MR) is 99.3 cm³/mol. The maximum Gasteiger partial charge on any atom is 0.315 e. The molecule has 2 aromatic rings. The number of hydrogen-bond donors (Lipinski definition) is 2. The van der Waals surface area contributed by atoms with Crippen LogP contribution in [0, 0.1) is 0 Å². The lowest BCUT2D eigenvalue weighted by molar-refractivity contribution is 0.197. The highest BCUT2D eigenvalue weighted by atomic mass is 16.2. The SMILES string of the molecule is CCN1CCC(NC(=O)N[C@H](c2ccccc2)c2ccncc2)CC1. The minimum Gasteiger partial charge on any atom is -0.335 e. The summed E-state index contributed by atoms with van der Waals surface area (Å²) in [4.78, 5) is 19.1. The highest BCUT2D eigenvalue weighted by molar-refractivity contribution is 5.75. The predicted octanol–water partition coefficient (Wildman–Crippen LogP) is 2.95. The third-order valence-corrected chi connectivity index (χ3v) is 4.82. The number of carbonyl (C=O) groups is 1. The number of amides is 2. The first-order valence-electron chi connectivity index (χ1n) is 9.00. The Bertz CT molecular complexity index is 614. The van der Waals surface area contributed by atoms with Crippen LogP contribution < -0.4 is 10.6 Å². The summed E-state index contributed by atoms with van der Waals surface area (Å²) in [6.45, 7) is 5.36. The van der Waals surface area contributed by atoms with Gasteiger partial charge in [0.2, 0.25) is 0 Å². The molecule has 25 heavy (non-hydrogen) atoms. The fourth-order valence-electron chi connectivity index (χ4n) is 3.31. The van der Waals surface area contributed by atoms with Crippen LogP contribution in [-0.4, -0.2) is 41.6 Å². The molecule has 5 nitrogen and oxygen atoms in total. The standard InChI is InChI=1S/C20H26N4O/c1-2-24-14-10-18(11-15-24)22-20(25)23-19(16-6-4-3-5-7-16)17-8-12-21-13-9-17/h3-9,12-13,18-19H,2,10-11,14-15H2,1H3,(H2,22,23,25)/t19-/m1/s1. The van der Waals surface area contributed by atoms with Crippen molar-refractivity contribution >= 4 is 6.03 Å². The van der Waals surface area contributed by atoms with Gasteiger partial charge >= 0.3 is 6.03 Å². The minimum atomic E-state index is -0.181. The molecule has 5 heteroatoms. The second kappa shape index (κ2) is 8.62. The number of nitrogens with zero attached hydrogens (tertiary/aromatic N) is 2. The first-order valence-corrected chi connectivity index (χ1v) is 9.00. The Morgan fingerprint density at radius 3 is 2.40 bits per heavy atom. The van der Waals surface area contributed by atoms with Crippen molar-refractivity contribution in [2.24, 2.45) is 0 Å². The van der Waals surface area contributed by atoms with Crippen molar-refractivity contribution < 1.29 is 4.79 Å². The summed E-state index contributed by atoms with van der Waals surface area (Å²) < 4.78 is 0. The van der Waals surface area contributed by atoms with Crippen molar-refractivity contribution in [1.82, 2.24) is 20.5 Å². The molecule has 1 fully saturated rings. The van der Waals surface area contributed by atoms with Crippen molar-refractivity contribution in [3.05, 3.63) is 66.0 Å². The second-order valence-corrected chi connectivity index (χ2v) is 6.45. The topological polar surface area (TPSA) is 57.3 Å². The van der Waals surface area contributed by atoms with Crippen molar-refractivity contribution in [3.63, 3.8) is 0 Å². The van der Waals surface area contributed by atoms with E-state index >= 15 is 0 Å². The maximum atomic E-state index is 12.6.